The highest BCUT2D eigenvalue weighted by Crippen LogP contribution is 2.41. The number of benzene rings is 1. The average molecular weight is 664 g/mol. The van der Waals surface area contributed by atoms with Crippen LogP contribution in [0.1, 0.15) is 77.5 Å². The predicted octanol–water partition coefficient (Wildman–Crippen LogP) is 5.21. The number of esters is 2. The minimum Gasteiger partial charge on any atom is -0.508 e. The molecule has 3 aromatic rings. The fourth-order valence-corrected chi connectivity index (χ4v) is 11.3. The molecule has 5 rings (SSSR count). The molecule has 0 bridgehead atoms. The van der Waals surface area contributed by atoms with Gasteiger partial charge in [0.1, 0.15) is 18.0 Å². The van der Waals surface area contributed by atoms with Crippen LogP contribution in [0.25, 0.3) is 22.3 Å². The van der Waals surface area contributed by atoms with Gasteiger partial charge < -0.3 is 29.2 Å². The maximum Gasteiger partial charge on any atom is 0.407 e. The van der Waals surface area contributed by atoms with Crippen LogP contribution in [0.4, 0.5) is 4.79 Å². The molecule has 2 aromatic heterocycles. The molecular weight excluding hydrogens is 618 g/mol. The Kier molecular flexibility index (Phi) is 9.04. The van der Waals surface area contributed by atoms with Crippen molar-refractivity contribution in [1.29, 1.82) is 0 Å². The van der Waals surface area contributed by atoms with E-state index in [4.69, 9.17) is 19.2 Å². The van der Waals surface area contributed by atoms with Gasteiger partial charge in [-0.2, -0.15) is 0 Å². The monoisotopic (exact) mass is 663 g/mol. The SMILES string of the molecule is CCC1(OC(=O)CCCNC(=O)OC(C)(C)C)C(=O)OCc2c1cc1n(c2=O)Cc2c-1nc1ccc(O)cc1c2[Si](C)(C)CC(C)C. The van der Waals surface area contributed by atoms with Crippen molar-refractivity contribution in [1.82, 2.24) is 14.9 Å². The molecule has 4 heterocycles. The number of fused-ring (bicyclic) bond motifs is 5. The third-order valence-electron chi connectivity index (χ3n) is 8.75. The summed E-state index contributed by atoms with van der Waals surface area (Å²) in [5, 5.41) is 15.1. The number of amides is 1. The lowest BCUT2D eigenvalue weighted by molar-refractivity contribution is -0.189. The lowest BCUT2D eigenvalue weighted by Crippen LogP contribution is -2.47. The fourth-order valence-electron chi connectivity index (χ4n) is 7.10. The zero-order valence-electron chi connectivity index (χ0n) is 28.5. The van der Waals surface area contributed by atoms with Crippen molar-refractivity contribution in [3.8, 4) is 17.1 Å². The van der Waals surface area contributed by atoms with Gasteiger partial charge in [-0.3, -0.25) is 9.59 Å². The molecule has 1 unspecified atom stereocenters. The Morgan fingerprint density at radius 2 is 1.89 bits per heavy atom. The van der Waals surface area contributed by atoms with Crippen molar-refractivity contribution in [3.63, 3.8) is 0 Å². The number of ether oxygens (including phenoxy) is 3. The second kappa shape index (κ2) is 12.4. The van der Waals surface area contributed by atoms with Crippen molar-refractivity contribution in [3.05, 3.63) is 51.3 Å². The average Bonchev–Trinajstić information content (AvgIpc) is 3.32. The van der Waals surface area contributed by atoms with Crippen LogP contribution in [0.2, 0.25) is 19.1 Å². The van der Waals surface area contributed by atoms with Crippen LogP contribution >= 0.6 is 0 Å². The first kappa shape index (κ1) is 34.1. The Morgan fingerprint density at radius 3 is 2.55 bits per heavy atom. The van der Waals surface area contributed by atoms with Crippen LogP contribution in [-0.2, 0) is 42.6 Å². The van der Waals surface area contributed by atoms with Gasteiger partial charge in [-0.1, -0.05) is 39.9 Å². The van der Waals surface area contributed by atoms with Gasteiger partial charge in [0.2, 0.25) is 5.60 Å². The summed E-state index contributed by atoms with van der Waals surface area (Å²) in [7, 11) is -2.13. The lowest BCUT2D eigenvalue weighted by atomic mass is 9.85. The summed E-state index contributed by atoms with van der Waals surface area (Å²) in [5.41, 5.74) is 0.682. The van der Waals surface area contributed by atoms with Gasteiger partial charge in [-0.05, 0) is 74.5 Å². The molecule has 47 heavy (non-hydrogen) atoms. The minimum absolute atomic E-state index is 0.0560. The number of nitrogens with one attached hydrogen (secondary N) is 1. The highest BCUT2D eigenvalue weighted by molar-refractivity contribution is 6.92. The lowest BCUT2D eigenvalue weighted by Gasteiger charge is -2.35. The first-order valence-corrected chi connectivity index (χ1v) is 19.5. The molecule has 0 fully saturated rings. The number of carbonyl (C=O) groups excluding carboxylic acids is 3. The highest BCUT2D eigenvalue weighted by Gasteiger charge is 2.50. The fraction of sp³-hybridized carbons (Fsp3) is 0.514. The molecule has 2 N–H and O–H groups in total. The number of phenolic OH excluding ortho intramolecular Hbond substituents is 1. The highest BCUT2D eigenvalue weighted by atomic mass is 28.3. The summed E-state index contributed by atoms with van der Waals surface area (Å²) in [6.45, 7) is 16.2. The minimum atomic E-state index is -2.13. The summed E-state index contributed by atoms with van der Waals surface area (Å²) < 4.78 is 18.3. The molecule has 0 aliphatic carbocycles. The Bertz CT molecular complexity index is 1820. The Labute approximate surface area is 275 Å². The number of aromatic nitrogens is 2. The number of alkyl carbamates (subject to hydrolysis) is 1. The maximum absolute atomic E-state index is 14.2. The molecule has 252 valence electrons. The van der Waals surface area contributed by atoms with E-state index in [1.54, 1.807) is 56.5 Å². The van der Waals surface area contributed by atoms with Gasteiger partial charge in [0.05, 0.1) is 37.1 Å². The largest absolute Gasteiger partial charge is 0.508 e. The second-order valence-corrected chi connectivity index (χ2v) is 19.2. The van der Waals surface area contributed by atoms with Gasteiger partial charge in [0, 0.05) is 23.9 Å². The standard InChI is InChI=1S/C35H45N3O8Si/c1-9-35(45-28(40)11-10-14-36-33(43)46-34(4,5)6)25-16-27-29-23(17-38(27)31(41)24(25)18-44-32(35)42)30(47(7,8)19-20(2)3)22-15-21(39)12-13-26(22)37-29/h12-13,15-16,20,39H,9-11,14,17-19H2,1-8H3,(H,36,43). The van der Waals surface area contributed by atoms with Crippen LogP contribution in [-0.4, -0.2) is 52.9 Å². The number of hydrogen-bond donors (Lipinski definition) is 2. The molecule has 0 radical (unpaired) electrons. The van der Waals surface area contributed by atoms with E-state index in [9.17, 15) is 24.3 Å². The van der Waals surface area contributed by atoms with E-state index in [2.05, 4.69) is 32.3 Å². The second-order valence-electron chi connectivity index (χ2n) is 14.6. The van der Waals surface area contributed by atoms with Crippen molar-refractivity contribution in [2.45, 2.75) is 104 Å². The summed E-state index contributed by atoms with van der Waals surface area (Å²) in [6.07, 6.45) is -0.357. The van der Waals surface area contributed by atoms with E-state index in [-0.39, 0.29) is 49.3 Å². The van der Waals surface area contributed by atoms with Gasteiger partial charge in [-0.25, -0.2) is 14.6 Å². The van der Waals surface area contributed by atoms with Crippen LogP contribution in [0.5, 0.6) is 5.75 Å². The zero-order valence-corrected chi connectivity index (χ0v) is 29.5. The van der Waals surface area contributed by atoms with Gasteiger partial charge in [-0.15, -0.1) is 0 Å². The first-order valence-electron chi connectivity index (χ1n) is 16.3. The van der Waals surface area contributed by atoms with E-state index in [1.165, 1.54) is 0 Å². The van der Waals surface area contributed by atoms with Crippen molar-refractivity contribution >= 4 is 42.2 Å². The number of nitrogens with zero attached hydrogens (tertiary/aromatic N) is 2. The van der Waals surface area contributed by atoms with Crippen LogP contribution in [0, 0.1) is 5.92 Å². The Balaban J connectivity index is 1.54. The maximum atomic E-state index is 14.2. The van der Waals surface area contributed by atoms with E-state index in [0.717, 1.165) is 22.2 Å². The summed E-state index contributed by atoms with van der Waals surface area (Å²) in [4.78, 5) is 57.7. The van der Waals surface area contributed by atoms with Gasteiger partial charge >= 0.3 is 18.0 Å². The molecule has 0 saturated heterocycles. The molecule has 0 spiro atoms. The number of cyclic esters (lactones) is 1. The van der Waals surface area contributed by atoms with E-state index >= 15 is 0 Å². The zero-order chi connectivity index (χ0) is 34.5. The van der Waals surface area contributed by atoms with E-state index in [0.29, 0.717) is 34.9 Å². The van der Waals surface area contributed by atoms with E-state index < -0.39 is 37.3 Å². The molecule has 1 atom stereocenters. The first-order chi connectivity index (χ1) is 22.0. The third-order valence-corrected chi connectivity index (χ3v) is 12.5. The quantitative estimate of drug-likeness (QED) is 0.107. The normalized spacial score (nSPS) is 17.2. The molecule has 0 saturated carbocycles. The topological polar surface area (TPSA) is 146 Å². The Morgan fingerprint density at radius 1 is 1.17 bits per heavy atom. The van der Waals surface area contributed by atoms with Crippen LogP contribution < -0.4 is 16.1 Å². The molecule has 1 amide bonds. The van der Waals surface area contributed by atoms with E-state index in [1.807, 2.05) is 0 Å². The summed E-state index contributed by atoms with van der Waals surface area (Å²) in [5.74, 6) is -0.786. The smallest absolute Gasteiger partial charge is 0.407 e. The molecule has 2 aliphatic rings. The summed E-state index contributed by atoms with van der Waals surface area (Å²) >= 11 is 0. The third kappa shape index (κ3) is 6.52. The van der Waals surface area contributed by atoms with Crippen molar-refractivity contribution in [2.24, 2.45) is 5.92 Å². The van der Waals surface area contributed by atoms with Crippen LogP contribution in [0.15, 0.2) is 29.1 Å². The number of hydrogen-bond acceptors (Lipinski definition) is 9. The molecule has 11 nitrogen and oxygen atoms in total. The number of phenols is 1. The molecule has 1 aromatic carbocycles. The van der Waals surface area contributed by atoms with Gasteiger partial charge in [0.15, 0.2) is 0 Å². The number of aromatic hydroxyl groups is 1. The molecular formula is C35H45N3O8Si. The van der Waals surface area contributed by atoms with Gasteiger partial charge in [0.25, 0.3) is 5.56 Å². The molecule has 12 heteroatoms. The van der Waals surface area contributed by atoms with Crippen LogP contribution in [0.3, 0.4) is 0 Å². The summed E-state index contributed by atoms with van der Waals surface area (Å²) in [6, 6.07) is 7.93. The Hall–Kier alpha value is -4.19. The number of rotatable bonds is 9. The molecule has 2 aliphatic heterocycles. The van der Waals surface area contributed by atoms with Crippen molar-refractivity contribution in [2.75, 3.05) is 6.54 Å². The number of carbonyl (C=O) groups is 3. The predicted molar refractivity (Wildman–Crippen MR) is 180 cm³/mol. The van der Waals surface area contributed by atoms with Crippen molar-refractivity contribution < 1.29 is 33.7 Å². The number of pyridine rings is 2.